The molecule has 0 heterocycles. The fraction of sp³-hybridized carbons (Fsp3) is 0.385. The number of rotatable bonds is 3. The molecule has 0 amide bonds. The van der Waals surface area contributed by atoms with Gasteiger partial charge in [0.05, 0.1) is 24.8 Å². The second-order valence-corrected chi connectivity index (χ2v) is 4.05. The van der Waals surface area contributed by atoms with Crippen LogP contribution in [-0.4, -0.2) is 30.8 Å². The Labute approximate surface area is 118 Å². The molecule has 0 bridgehead atoms. The van der Waals surface area contributed by atoms with E-state index in [1.165, 1.54) is 13.8 Å². The molecule has 5 nitrogen and oxygen atoms in total. The number of ether oxygens (including phenoxy) is 2. The molecular formula is C13H13F3O5. The number of halogens is 3. The summed E-state index contributed by atoms with van der Waals surface area (Å²) in [4.78, 5) is 23.2. The standard InChI is InChI=1S/C13H13F3O5/c1-4-21-11(18)7-5-6(2)10(17)8(12(19)20-3)9(7)13(14,15)16/h5,17H,4H2,1-3H3. The van der Waals surface area contributed by atoms with E-state index in [1.54, 1.807) is 0 Å². The number of benzene rings is 1. The van der Waals surface area contributed by atoms with E-state index in [2.05, 4.69) is 9.47 Å². The van der Waals surface area contributed by atoms with Gasteiger partial charge in [0, 0.05) is 0 Å². The van der Waals surface area contributed by atoms with Crippen molar-refractivity contribution in [2.45, 2.75) is 20.0 Å². The molecule has 0 aliphatic carbocycles. The third kappa shape index (κ3) is 3.26. The second kappa shape index (κ2) is 6.02. The summed E-state index contributed by atoms with van der Waals surface area (Å²) in [5, 5.41) is 9.73. The maximum atomic E-state index is 13.2. The molecule has 1 aromatic rings. The van der Waals surface area contributed by atoms with Crippen molar-refractivity contribution in [3.8, 4) is 5.75 Å². The summed E-state index contributed by atoms with van der Waals surface area (Å²) in [7, 11) is 0.869. The molecule has 0 saturated heterocycles. The number of carbonyl (C=O) groups is 2. The highest BCUT2D eigenvalue weighted by molar-refractivity contribution is 6.01. The van der Waals surface area contributed by atoms with Crippen molar-refractivity contribution in [2.75, 3.05) is 13.7 Å². The van der Waals surface area contributed by atoms with Crippen LogP contribution in [0.1, 0.15) is 38.8 Å². The normalized spacial score (nSPS) is 11.1. The average molecular weight is 306 g/mol. The van der Waals surface area contributed by atoms with Gasteiger partial charge in [-0.3, -0.25) is 0 Å². The van der Waals surface area contributed by atoms with Gasteiger partial charge in [-0.2, -0.15) is 13.2 Å². The van der Waals surface area contributed by atoms with Crippen LogP contribution in [0.5, 0.6) is 5.75 Å². The van der Waals surface area contributed by atoms with Gasteiger partial charge in [0.1, 0.15) is 11.3 Å². The van der Waals surface area contributed by atoms with Crippen molar-refractivity contribution in [1.29, 1.82) is 0 Å². The zero-order valence-electron chi connectivity index (χ0n) is 11.5. The number of alkyl halides is 3. The van der Waals surface area contributed by atoms with Crippen molar-refractivity contribution in [2.24, 2.45) is 0 Å². The summed E-state index contributed by atoms with van der Waals surface area (Å²) in [6.07, 6.45) is -5.04. The Balaban J connectivity index is 3.77. The molecule has 0 unspecified atom stereocenters. The molecule has 0 aliphatic heterocycles. The first-order valence-corrected chi connectivity index (χ1v) is 5.84. The Morgan fingerprint density at radius 3 is 2.29 bits per heavy atom. The van der Waals surface area contributed by atoms with Crippen LogP contribution >= 0.6 is 0 Å². The Hall–Kier alpha value is -2.25. The molecule has 0 saturated carbocycles. The number of esters is 2. The van der Waals surface area contributed by atoms with E-state index < -0.39 is 40.6 Å². The van der Waals surface area contributed by atoms with Crippen molar-refractivity contribution < 1.29 is 37.3 Å². The van der Waals surface area contributed by atoms with Gasteiger partial charge in [-0.15, -0.1) is 0 Å². The molecule has 21 heavy (non-hydrogen) atoms. The summed E-state index contributed by atoms with van der Waals surface area (Å²) >= 11 is 0. The van der Waals surface area contributed by atoms with Crippen LogP contribution in [0.3, 0.4) is 0 Å². The summed E-state index contributed by atoms with van der Waals surface area (Å²) in [6, 6.07) is 0.822. The lowest BCUT2D eigenvalue weighted by molar-refractivity contribution is -0.138. The number of phenolic OH excluding ortho intramolecular Hbond substituents is 1. The number of methoxy groups -OCH3 is 1. The molecule has 1 rings (SSSR count). The quantitative estimate of drug-likeness (QED) is 0.869. The van der Waals surface area contributed by atoms with E-state index in [0.717, 1.165) is 13.2 Å². The van der Waals surface area contributed by atoms with Gasteiger partial charge in [0.25, 0.3) is 0 Å². The molecule has 0 aliphatic rings. The first-order chi connectivity index (χ1) is 9.65. The number of hydrogen-bond acceptors (Lipinski definition) is 5. The largest absolute Gasteiger partial charge is 0.507 e. The Kier molecular flexibility index (Phi) is 4.82. The first kappa shape index (κ1) is 16.8. The van der Waals surface area contributed by atoms with Gasteiger partial charge in [-0.1, -0.05) is 0 Å². The fourth-order valence-electron chi connectivity index (χ4n) is 1.77. The van der Waals surface area contributed by atoms with E-state index in [0.29, 0.717) is 0 Å². The topological polar surface area (TPSA) is 72.8 Å². The van der Waals surface area contributed by atoms with Gasteiger partial charge >= 0.3 is 18.1 Å². The minimum Gasteiger partial charge on any atom is -0.507 e. The molecule has 0 spiro atoms. The summed E-state index contributed by atoms with van der Waals surface area (Å²) in [6.45, 7) is 2.55. The fourth-order valence-corrected chi connectivity index (χ4v) is 1.77. The molecule has 8 heteroatoms. The lowest BCUT2D eigenvalue weighted by Gasteiger charge is -2.18. The van der Waals surface area contributed by atoms with E-state index in [9.17, 15) is 27.9 Å². The third-order valence-corrected chi connectivity index (χ3v) is 2.66. The molecule has 0 radical (unpaired) electrons. The smallest absolute Gasteiger partial charge is 0.418 e. The minimum absolute atomic E-state index is 0.0774. The molecule has 1 N–H and O–H groups in total. The molecular weight excluding hydrogens is 293 g/mol. The zero-order valence-corrected chi connectivity index (χ0v) is 11.5. The van der Waals surface area contributed by atoms with Crippen LogP contribution in [0.15, 0.2) is 6.07 Å². The molecule has 0 aromatic heterocycles. The highest BCUT2D eigenvalue weighted by atomic mass is 19.4. The van der Waals surface area contributed by atoms with Gasteiger partial charge in [0.15, 0.2) is 0 Å². The number of aryl methyl sites for hydroxylation is 1. The lowest BCUT2D eigenvalue weighted by Crippen LogP contribution is -2.21. The van der Waals surface area contributed by atoms with Crippen molar-refractivity contribution in [1.82, 2.24) is 0 Å². The third-order valence-electron chi connectivity index (χ3n) is 2.66. The number of hydrogen-bond donors (Lipinski definition) is 1. The van der Waals surface area contributed by atoms with Crippen LogP contribution in [0, 0.1) is 6.92 Å². The highest BCUT2D eigenvalue weighted by Crippen LogP contribution is 2.40. The summed E-state index contributed by atoms with van der Waals surface area (Å²) in [5.41, 5.74) is -3.60. The molecule has 0 fully saturated rings. The van der Waals surface area contributed by atoms with Crippen LogP contribution in [0.4, 0.5) is 13.2 Å². The second-order valence-electron chi connectivity index (χ2n) is 4.05. The monoisotopic (exact) mass is 306 g/mol. The van der Waals surface area contributed by atoms with Crippen LogP contribution in [0.2, 0.25) is 0 Å². The van der Waals surface area contributed by atoms with Crippen LogP contribution in [-0.2, 0) is 15.7 Å². The van der Waals surface area contributed by atoms with E-state index in [4.69, 9.17) is 0 Å². The van der Waals surface area contributed by atoms with Crippen LogP contribution in [0.25, 0.3) is 0 Å². The van der Waals surface area contributed by atoms with Gasteiger partial charge in [-0.05, 0) is 25.5 Å². The number of carbonyl (C=O) groups excluding carboxylic acids is 2. The Bertz CT molecular complexity index is 578. The zero-order chi connectivity index (χ0) is 16.4. The maximum Gasteiger partial charge on any atom is 0.418 e. The van der Waals surface area contributed by atoms with Gasteiger partial charge in [0.2, 0.25) is 0 Å². The van der Waals surface area contributed by atoms with Crippen molar-refractivity contribution in [3.05, 3.63) is 28.3 Å². The van der Waals surface area contributed by atoms with Crippen LogP contribution < -0.4 is 0 Å². The number of aromatic hydroxyl groups is 1. The highest BCUT2D eigenvalue weighted by Gasteiger charge is 2.42. The maximum absolute atomic E-state index is 13.2. The Morgan fingerprint density at radius 1 is 1.29 bits per heavy atom. The molecule has 0 atom stereocenters. The summed E-state index contributed by atoms with van der Waals surface area (Å²) in [5.74, 6) is -3.52. The molecule has 116 valence electrons. The first-order valence-electron chi connectivity index (χ1n) is 5.84. The van der Waals surface area contributed by atoms with E-state index in [-0.39, 0.29) is 12.2 Å². The lowest BCUT2D eigenvalue weighted by atomic mass is 9.96. The average Bonchev–Trinajstić information content (AvgIpc) is 2.39. The van der Waals surface area contributed by atoms with Gasteiger partial charge < -0.3 is 14.6 Å². The summed E-state index contributed by atoms with van der Waals surface area (Å²) < 4.78 is 48.4. The van der Waals surface area contributed by atoms with Crippen molar-refractivity contribution in [3.63, 3.8) is 0 Å². The molecule has 1 aromatic carbocycles. The predicted octanol–water partition coefficient (Wildman–Crippen LogP) is 2.68. The minimum atomic E-state index is -5.04. The predicted molar refractivity (Wildman–Crippen MR) is 65.1 cm³/mol. The van der Waals surface area contributed by atoms with E-state index in [1.807, 2.05) is 0 Å². The van der Waals surface area contributed by atoms with Crippen molar-refractivity contribution >= 4 is 11.9 Å². The van der Waals surface area contributed by atoms with Gasteiger partial charge in [-0.25, -0.2) is 9.59 Å². The Morgan fingerprint density at radius 2 is 1.86 bits per heavy atom. The van der Waals surface area contributed by atoms with E-state index >= 15 is 0 Å². The number of phenols is 1. The SMILES string of the molecule is CCOC(=O)c1cc(C)c(O)c(C(=O)OC)c1C(F)(F)F.